The third kappa shape index (κ3) is 3.14. The maximum atomic E-state index is 12.4. The second kappa shape index (κ2) is 6.78. The molecule has 2 aromatic heterocycles. The van der Waals surface area contributed by atoms with Crippen molar-refractivity contribution in [1.29, 1.82) is 0 Å². The summed E-state index contributed by atoms with van der Waals surface area (Å²) in [6.45, 7) is 0. The summed E-state index contributed by atoms with van der Waals surface area (Å²) in [6, 6.07) is 14.4. The predicted octanol–water partition coefficient (Wildman–Crippen LogP) is 4.72. The standard InChI is InChI=1S/C18H12ClN3O3S/c1-24-14-4-2-3-10-9-13(17(23)25-15(10)14)16-21-22-18(26-16)20-12-7-5-11(19)6-8-12/h2-9H,1H3,(H,20,22). The van der Waals surface area contributed by atoms with E-state index in [1.807, 2.05) is 24.3 Å². The Morgan fingerprint density at radius 3 is 2.73 bits per heavy atom. The molecule has 26 heavy (non-hydrogen) atoms. The number of hydrogen-bond donors (Lipinski definition) is 1. The number of para-hydroxylation sites is 1. The average molecular weight is 386 g/mol. The molecule has 0 aliphatic rings. The predicted molar refractivity (Wildman–Crippen MR) is 103 cm³/mol. The van der Waals surface area contributed by atoms with Crippen LogP contribution >= 0.6 is 22.9 Å². The van der Waals surface area contributed by atoms with Gasteiger partial charge in [-0.25, -0.2) is 4.79 Å². The number of aromatic nitrogens is 2. The molecule has 0 saturated carbocycles. The lowest BCUT2D eigenvalue weighted by molar-refractivity contribution is 0.407. The van der Waals surface area contributed by atoms with E-state index in [0.717, 1.165) is 11.1 Å². The van der Waals surface area contributed by atoms with Crippen LogP contribution in [0.25, 0.3) is 21.5 Å². The molecule has 0 saturated heterocycles. The number of anilines is 2. The van der Waals surface area contributed by atoms with Crippen LogP contribution in [0.1, 0.15) is 0 Å². The van der Waals surface area contributed by atoms with Crippen LogP contribution < -0.4 is 15.7 Å². The Bertz CT molecular complexity index is 1140. The van der Waals surface area contributed by atoms with E-state index in [1.54, 1.807) is 24.3 Å². The third-order valence-corrected chi connectivity index (χ3v) is 4.82. The summed E-state index contributed by atoms with van der Waals surface area (Å²) in [7, 11) is 1.53. The molecule has 2 aromatic carbocycles. The van der Waals surface area contributed by atoms with E-state index in [9.17, 15) is 4.79 Å². The summed E-state index contributed by atoms with van der Waals surface area (Å²) in [5, 5.41) is 13.7. The van der Waals surface area contributed by atoms with Crippen molar-refractivity contribution in [2.75, 3.05) is 12.4 Å². The Morgan fingerprint density at radius 2 is 1.96 bits per heavy atom. The van der Waals surface area contributed by atoms with Crippen LogP contribution in [0.5, 0.6) is 5.75 Å². The molecule has 2 heterocycles. The summed E-state index contributed by atoms with van der Waals surface area (Å²) in [5.74, 6) is 0.508. The summed E-state index contributed by atoms with van der Waals surface area (Å²) in [4.78, 5) is 12.4. The first-order valence-corrected chi connectivity index (χ1v) is 8.81. The van der Waals surface area contributed by atoms with Gasteiger partial charge in [0.1, 0.15) is 0 Å². The third-order valence-electron chi connectivity index (χ3n) is 3.69. The molecule has 0 aliphatic carbocycles. The van der Waals surface area contributed by atoms with Gasteiger partial charge in [-0.15, -0.1) is 10.2 Å². The van der Waals surface area contributed by atoms with Crippen LogP contribution in [0.4, 0.5) is 10.8 Å². The minimum atomic E-state index is -0.490. The number of ether oxygens (including phenoxy) is 1. The van der Waals surface area contributed by atoms with Gasteiger partial charge in [0.05, 0.1) is 12.7 Å². The molecule has 8 heteroatoms. The molecule has 0 atom stereocenters. The van der Waals surface area contributed by atoms with Crippen LogP contribution in [-0.2, 0) is 0 Å². The molecule has 0 bridgehead atoms. The molecule has 0 radical (unpaired) electrons. The van der Waals surface area contributed by atoms with Gasteiger partial charge in [-0.3, -0.25) is 0 Å². The maximum absolute atomic E-state index is 12.4. The van der Waals surface area contributed by atoms with Gasteiger partial charge in [0.2, 0.25) is 5.13 Å². The Labute approximate surface area is 157 Å². The smallest absolute Gasteiger partial charge is 0.346 e. The van der Waals surface area contributed by atoms with Gasteiger partial charge in [0.25, 0.3) is 0 Å². The molecule has 0 fully saturated rings. The molecule has 0 spiro atoms. The SMILES string of the molecule is COc1cccc2cc(-c3nnc(Nc4ccc(Cl)cc4)s3)c(=O)oc12. The average Bonchev–Trinajstić information content (AvgIpc) is 3.11. The monoisotopic (exact) mass is 385 g/mol. The van der Waals surface area contributed by atoms with Crippen LogP contribution in [0.15, 0.2) is 57.7 Å². The molecule has 0 aliphatic heterocycles. The van der Waals surface area contributed by atoms with Crippen molar-refractivity contribution in [1.82, 2.24) is 10.2 Å². The molecular weight excluding hydrogens is 374 g/mol. The van der Waals surface area contributed by atoms with Crippen molar-refractivity contribution in [3.8, 4) is 16.3 Å². The highest BCUT2D eigenvalue weighted by molar-refractivity contribution is 7.18. The number of nitrogens with one attached hydrogen (secondary N) is 1. The molecule has 1 N–H and O–H groups in total. The molecule has 4 rings (SSSR count). The second-order valence-corrected chi connectivity index (χ2v) is 6.78. The molecule has 4 aromatic rings. The van der Waals surface area contributed by atoms with Crippen LogP contribution in [0.3, 0.4) is 0 Å². The fourth-order valence-corrected chi connectivity index (χ4v) is 3.36. The lowest BCUT2D eigenvalue weighted by Crippen LogP contribution is -2.03. The van der Waals surface area contributed by atoms with Crippen LogP contribution in [-0.4, -0.2) is 17.3 Å². The lowest BCUT2D eigenvalue weighted by Gasteiger charge is -2.04. The summed E-state index contributed by atoms with van der Waals surface area (Å²) in [6.07, 6.45) is 0. The Morgan fingerprint density at radius 1 is 1.15 bits per heavy atom. The van der Waals surface area contributed by atoms with Crippen LogP contribution in [0.2, 0.25) is 5.02 Å². The van der Waals surface area contributed by atoms with Crippen molar-refractivity contribution in [2.24, 2.45) is 0 Å². The largest absolute Gasteiger partial charge is 0.493 e. The highest BCUT2D eigenvalue weighted by atomic mass is 35.5. The van der Waals surface area contributed by atoms with Gasteiger partial charge < -0.3 is 14.5 Å². The van der Waals surface area contributed by atoms with Gasteiger partial charge >= 0.3 is 5.63 Å². The zero-order chi connectivity index (χ0) is 18.1. The summed E-state index contributed by atoms with van der Waals surface area (Å²) >= 11 is 7.14. The Balaban J connectivity index is 1.70. The van der Waals surface area contributed by atoms with E-state index in [-0.39, 0.29) is 0 Å². The number of methoxy groups -OCH3 is 1. The fraction of sp³-hybridized carbons (Fsp3) is 0.0556. The Kier molecular flexibility index (Phi) is 4.32. The molecule has 0 amide bonds. The van der Waals surface area contributed by atoms with Gasteiger partial charge in [-0.2, -0.15) is 0 Å². The van der Waals surface area contributed by atoms with Gasteiger partial charge in [-0.05, 0) is 36.4 Å². The van der Waals surface area contributed by atoms with Gasteiger partial charge in [0.15, 0.2) is 16.3 Å². The quantitative estimate of drug-likeness (QED) is 0.512. The minimum absolute atomic E-state index is 0.354. The normalized spacial score (nSPS) is 10.8. The van der Waals surface area contributed by atoms with Crippen molar-refractivity contribution >= 4 is 44.7 Å². The number of rotatable bonds is 4. The minimum Gasteiger partial charge on any atom is -0.493 e. The first-order chi connectivity index (χ1) is 12.6. The van der Waals surface area contributed by atoms with E-state index in [0.29, 0.717) is 32.1 Å². The van der Waals surface area contributed by atoms with Crippen molar-refractivity contribution in [3.63, 3.8) is 0 Å². The van der Waals surface area contributed by atoms with Crippen molar-refractivity contribution in [2.45, 2.75) is 0 Å². The Hall–Kier alpha value is -2.90. The van der Waals surface area contributed by atoms with E-state index in [4.69, 9.17) is 20.8 Å². The number of benzene rings is 2. The zero-order valence-corrected chi connectivity index (χ0v) is 15.1. The number of halogens is 1. The lowest BCUT2D eigenvalue weighted by atomic mass is 10.2. The topological polar surface area (TPSA) is 77.3 Å². The maximum Gasteiger partial charge on any atom is 0.346 e. The first kappa shape index (κ1) is 16.6. The molecular formula is C18H12ClN3O3S. The summed E-state index contributed by atoms with van der Waals surface area (Å²) in [5.41, 5.74) is 1.10. The highest BCUT2D eigenvalue weighted by Gasteiger charge is 2.15. The van der Waals surface area contributed by atoms with Gasteiger partial charge in [-0.1, -0.05) is 35.1 Å². The van der Waals surface area contributed by atoms with Gasteiger partial charge in [0, 0.05) is 16.1 Å². The molecule has 0 unspecified atom stereocenters. The van der Waals surface area contributed by atoms with E-state index < -0.39 is 5.63 Å². The van der Waals surface area contributed by atoms with E-state index in [1.165, 1.54) is 18.4 Å². The number of fused-ring (bicyclic) bond motifs is 1. The first-order valence-electron chi connectivity index (χ1n) is 7.61. The number of hydrogen-bond acceptors (Lipinski definition) is 7. The molecule has 130 valence electrons. The zero-order valence-electron chi connectivity index (χ0n) is 13.5. The second-order valence-electron chi connectivity index (χ2n) is 5.37. The van der Waals surface area contributed by atoms with Crippen molar-refractivity contribution < 1.29 is 9.15 Å². The van der Waals surface area contributed by atoms with E-state index in [2.05, 4.69) is 15.5 Å². The fourth-order valence-electron chi connectivity index (χ4n) is 2.47. The highest BCUT2D eigenvalue weighted by Crippen LogP contribution is 2.30. The van der Waals surface area contributed by atoms with E-state index >= 15 is 0 Å². The number of nitrogens with zero attached hydrogens (tertiary/aromatic N) is 2. The molecule has 6 nitrogen and oxygen atoms in total. The summed E-state index contributed by atoms with van der Waals surface area (Å²) < 4.78 is 10.7. The van der Waals surface area contributed by atoms with Crippen molar-refractivity contribution in [3.05, 3.63) is 64.0 Å². The van der Waals surface area contributed by atoms with Crippen LogP contribution in [0, 0.1) is 0 Å².